The molecule has 9 heteroatoms. The molecule has 0 aromatic heterocycles. The third-order valence-corrected chi connectivity index (χ3v) is 11.8. The Morgan fingerprint density at radius 3 is 1.48 bits per heavy atom. The monoisotopic (exact) mass is 840 g/mol. The Kier molecular flexibility index (Phi) is 40.2. The van der Waals surface area contributed by atoms with Gasteiger partial charge in [0.1, 0.15) is 13.2 Å². The second kappa shape index (κ2) is 41.1. The van der Waals surface area contributed by atoms with Gasteiger partial charge in [-0.15, -0.1) is 0 Å². The number of likely N-dealkylation sites (N-methyl/N-ethyl adjacent to an activating group) is 1. The van der Waals surface area contributed by atoms with Gasteiger partial charge in [-0.2, -0.15) is 0 Å². The normalized spacial score (nSPS) is 14.5. The number of nitrogens with zero attached hydrogens (tertiary/aromatic N) is 1. The van der Waals surface area contributed by atoms with Gasteiger partial charge in [-0.05, 0) is 44.9 Å². The van der Waals surface area contributed by atoms with Crippen molar-refractivity contribution in [3.63, 3.8) is 0 Å². The van der Waals surface area contributed by atoms with Gasteiger partial charge in [0.2, 0.25) is 5.91 Å². The maximum absolute atomic E-state index is 12.9. The lowest BCUT2D eigenvalue weighted by Crippen LogP contribution is -2.45. The van der Waals surface area contributed by atoms with E-state index in [0.29, 0.717) is 17.4 Å². The Labute approximate surface area is 359 Å². The number of carbonyl (C=O) groups excluding carboxylic acids is 1. The van der Waals surface area contributed by atoms with Crippen molar-refractivity contribution in [1.82, 2.24) is 5.32 Å². The van der Waals surface area contributed by atoms with Crippen molar-refractivity contribution < 1.29 is 32.9 Å². The van der Waals surface area contributed by atoms with E-state index in [1.807, 2.05) is 27.2 Å². The molecule has 3 N–H and O–H groups in total. The molecule has 0 radical (unpaired) electrons. The van der Waals surface area contributed by atoms with Crippen LogP contribution in [0.1, 0.15) is 219 Å². The van der Waals surface area contributed by atoms with Crippen LogP contribution < -0.4 is 5.32 Å². The second-order valence-corrected chi connectivity index (χ2v) is 19.3. The summed E-state index contributed by atoms with van der Waals surface area (Å²) in [5.74, 6) is -0.192. The summed E-state index contributed by atoms with van der Waals surface area (Å²) >= 11 is 0. The molecule has 0 spiro atoms. The maximum atomic E-state index is 12.9. The molecular formula is C49H96N2O6P+. The molecule has 0 saturated heterocycles. The van der Waals surface area contributed by atoms with Crippen LogP contribution in [0.25, 0.3) is 0 Å². The van der Waals surface area contributed by atoms with Crippen molar-refractivity contribution >= 4 is 13.7 Å². The lowest BCUT2D eigenvalue weighted by atomic mass is 10.0. The molecule has 0 aromatic rings. The van der Waals surface area contributed by atoms with E-state index in [1.54, 1.807) is 6.08 Å². The quantitative estimate of drug-likeness (QED) is 0.0244. The lowest BCUT2D eigenvalue weighted by Gasteiger charge is -2.25. The third-order valence-electron chi connectivity index (χ3n) is 10.8. The first-order chi connectivity index (χ1) is 28.0. The van der Waals surface area contributed by atoms with E-state index in [9.17, 15) is 19.4 Å². The predicted octanol–water partition coefficient (Wildman–Crippen LogP) is 13.9. The summed E-state index contributed by atoms with van der Waals surface area (Å²) in [6.45, 7) is 4.75. The van der Waals surface area contributed by atoms with Crippen LogP contribution in [0.3, 0.4) is 0 Å². The SMILES string of the molecule is CCC/C=C\C/C=C\CCCCCCCC(=O)NC(COP(=O)(O)OCC[N+](C)(C)C)C(O)/C=C/CCCCCCCCCCCCCCCCCCCCCCC. The van der Waals surface area contributed by atoms with E-state index >= 15 is 0 Å². The van der Waals surface area contributed by atoms with Gasteiger partial charge in [0.15, 0.2) is 0 Å². The number of phosphoric ester groups is 1. The first kappa shape index (κ1) is 56.7. The van der Waals surface area contributed by atoms with Crippen LogP contribution in [0.15, 0.2) is 36.5 Å². The number of rotatable bonds is 44. The van der Waals surface area contributed by atoms with Crippen molar-refractivity contribution in [3.8, 4) is 0 Å². The Bertz CT molecular complexity index is 1040. The first-order valence-corrected chi connectivity index (χ1v) is 25.9. The number of carbonyl (C=O) groups is 1. The van der Waals surface area contributed by atoms with Crippen LogP contribution in [0.2, 0.25) is 0 Å². The Morgan fingerprint density at radius 2 is 1.02 bits per heavy atom. The van der Waals surface area contributed by atoms with E-state index in [-0.39, 0.29) is 19.1 Å². The second-order valence-electron chi connectivity index (χ2n) is 17.8. The number of unbranched alkanes of at least 4 members (excludes halogenated alkanes) is 27. The zero-order valence-electron chi connectivity index (χ0n) is 38.8. The van der Waals surface area contributed by atoms with Gasteiger partial charge in [0.25, 0.3) is 0 Å². The van der Waals surface area contributed by atoms with E-state index in [2.05, 4.69) is 43.5 Å². The average molecular weight is 840 g/mol. The lowest BCUT2D eigenvalue weighted by molar-refractivity contribution is -0.870. The zero-order valence-corrected chi connectivity index (χ0v) is 39.7. The number of nitrogens with one attached hydrogen (secondary N) is 1. The minimum absolute atomic E-state index is 0.0585. The molecule has 0 aliphatic heterocycles. The van der Waals surface area contributed by atoms with Gasteiger partial charge in [-0.1, -0.05) is 204 Å². The fourth-order valence-corrected chi connectivity index (χ4v) is 7.70. The van der Waals surface area contributed by atoms with Gasteiger partial charge in [0, 0.05) is 6.42 Å². The summed E-state index contributed by atoms with van der Waals surface area (Å²) in [5.41, 5.74) is 0. The van der Waals surface area contributed by atoms with E-state index in [0.717, 1.165) is 70.6 Å². The Balaban J connectivity index is 4.29. The number of aliphatic hydroxyl groups excluding tert-OH is 1. The minimum atomic E-state index is -4.34. The van der Waals surface area contributed by atoms with Crippen molar-refractivity contribution in [2.45, 2.75) is 231 Å². The molecule has 1 amide bonds. The summed E-state index contributed by atoms with van der Waals surface area (Å²) in [7, 11) is 1.56. The largest absolute Gasteiger partial charge is 0.472 e. The van der Waals surface area contributed by atoms with E-state index < -0.39 is 20.0 Å². The van der Waals surface area contributed by atoms with Crippen molar-refractivity contribution in [1.29, 1.82) is 0 Å². The number of aliphatic hydroxyl groups is 1. The zero-order chi connectivity index (χ0) is 42.8. The molecule has 8 nitrogen and oxygen atoms in total. The highest BCUT2D eigenvalue weighted by Gasteiger charge is 2.27. The predicted molar refractivity (Wildman–Crippen MR) is 249 cm³/mol. The number of hydrogen-bond acceptors (Lipinski definition) is 5. The van der Waals surface area contributed by atoms with Crippen molar-refractivity contribution in [2.75, 3.05) is 40.9 Å². The van der Waals surface area contributed by atoms with Crippen LogP contribution in [0, 0.1) is 0 Å². The first-order valence-electron chi connectivity index (χ1n) is 24.4. The van der Waals surface area contributed by atoms with Crippen molar-refractivity contribution in [2.24, 2.45) is 0 Å². The highest BCUT2D eigenvalue weighted by atomic mass is 31.2. The molecule has 0 rings (SSSR count). The van der Waals surface area contributed by atoms with Crippen molar-refractivity contribution in [3.05, 3.63) is 36.5 Å². The van der Waals surface area contributed by atoms with Gasteiger partial charge in [-0.25, -0.2) is 4.57 Å². The molecule has 0 fully saturated rings. The van der Waals surface area contributed by atoms with Gasteiger partial charge >= 0.3 is 7.82 Å². The van der Waals surface area contributed by atoms with Crippen LogP contribution in [0.5, 0.6) is 0 Å². The molecule has 0 heterocycles. The minimum Gasteiger partial charge on any atom is -0.387 e. The average Bonchev–Trinajstić information content (AvgIpc) is 3.17. The molecule has 0 aliphatic carbocycles. The van der Waals surface area contributed by atoms with Gasteiger partial charge in [0.05, 0.1) is 39.9 Å². The fourth-order valence-electron chi connectivity index (χ4n) is 6.96. The number of hydrogen-bond donors (Lipinski definition) is 3. The highest BCUT2D eigenvalue weighted by Crippen LogP contribution is 2.43. The number of amides is 1. The molecular weight excluding hydrogens is 744 g/mol. The summed E-state index contributed by atoms with van der Waals surface area (Å²) in [5, 5.41) is 13.8. The van der Waals surface area contributed by atoms with E-state index in [4.69, 9.17) is 9.05 Å². The Morgan fingerprint density at radius 1 is 0.586 bits per heavy atom. The number of allylic oxidation sites excluding steroid dienone is 5. The van der Waals surface area contributed by atoms with Crippen LogP contribution in [0.4, 0.5) is 0 Å². The standard InChI is InChI=1S/C49H95N2O6P/c1-6-8-10-12-14-16-18-20-21-22-23-24-25-26-27-28-29-31-32-34-36-38-40-42-48(52)47(46-57-58(54,55)56-45-44-51(3,4)5)50-49(53)43-41-39-37-35-33-30-19-17-15-13-11-9-7-2/h11,13,17,19,40,42,47-48,52H,6-10,12,14-16,18,20-39,41,43-46H2,1-5H3,(H-,50,53,54,55)/p+1/b13-11-,19-17-,42-40+. The molecule has 3 unspecified atom stereocenters. The molecule has 0 aromatic carbocycles. The summed E-state index contributed by atoms with van der Waals surface area (Å²) < 4.78 is 23.6. The van der Waals surface area contributed by atoms with Gasteiger partial charge < -0.3 is 19.8 Å². The number of quaternary nitrogens is 1. The topological polar surface area (TPSA) is 105 Å². The molecule has 342 valence electrons. The van der Waals surface area contributed by atoms with Crippen LogP contribution in [-0.4, -0.2) is 73.4 Å². The molecule has 0 aliphatic rings. The highest BCUT2D eigenvalue weighted by molar-refractivity contribution is 7.47. The molecule has 3 atom stereocenters. The maximum Gasteiger partial charge on any atom is 0.472 e. The summed E-state index contributed by atoms with van der Waals surface area (Å²) in [6, 6.07) is -0.852. The smallest absolute Gasteiger partial charge is 0.387 e. The number of phosphoric acid groups is 1. The molecule has 0 bridgehead atoms. The van der Waals surface area contributed by atoms with E-state index in [1.165, 1.54) is 128 Å². The van der Waals surface area contributed by atoms with Crippen LogP contribution in [-0.2, 0) is 18.4 Å². The molecule has 0 saturated carbocycles. The van der Waals surface area contributed by atoms with Gasteiger partial charge in [-0.3, -0.25) is 13.8 Å². The van der Waals surface area contributed by atoms with Crippen LogP contribution >= 0.6 is 7.82 Å². The third kappa shape index (κ3) is 42.8. The summed E-state index contributed by atoms with van der Waals surface area (Å²) in [4.78, 5) is 23.1. The molecule has 58 heavy (non-hydrogen) atoms. The Hall–Kier alpha value is -1.28. The fraction of sp³-hybridized carbons (Fsp3) is 0.857. The summed E-state index contributed by atoms with van der Waals surface area (Å²) in [6.07, 6.45) is 50.8.